The zero-order chi connectivity index (χ0) is 7.28. The van der Waals surface area contributed by atoms with E-state index < -0.39 is 11.9 Å². The standard InChI is InChI=1S/C4H2O3.ClH3Si/c5-3-1-2-4(6)7-3;1-2/h1-2H;2H3. The van der Waals surface area contributed by atoms with Crippen LogP contribution >= 0.6 is 11.1 Å². The van der Waals surface area contributed by atoms with Crippen molar-refractivity contribution in [3.8, 4) is 0 Å². The van der Waals surface area contributed by atoms with Crippen LogP contribution in [0.2, 0.25) is 0 Å². The zero-order valence-corrected chi connectivity index (χ0v) is 7.51. The molecule has 0 unspecified atom stereocenters. The second-order valence-corrected chi connectivity index (χ2v) is 1.07. The number of rotatable bonds is 0. The van der Waals surface area contributed by atoms with Crippen molar-refractivity contribution in [1.29, 1.82) is 0 Å². The minimum atomic E-state index is -0.579. The fourth-order valence-corrected chi connectivity index (χ4v) is 0.303. The van der Waals surface area contributed by atoms with Crippen LogP contribution in [-0.2, 0) is 14.3 Å². The van der Waals surface area contributed by atoms with Gasteiger partial charge in [-0.1, -0.05) is 0 Å². The molecule has 0 amide bonds. The molecule has 0 aromatic carbocycles. The molecule has 0 radical (unpaired) electrons. The predicted molar refractivity (Wildman–Crippen MR) is 36.0 cm³/mol. The molecule has 0 N–H and O–H groups in total. The highest BCUT2D eigenvalue weighted by atomic mass is 35.6. The molecule has 0 atom stereocenters. The molecular weight excluding hydrogens is 160 g/mol. The van der Waals surface area contributed by atoms with E-state index in [0.29, 0.717) is 0 Å². The molecule has 1 aliphatic rings. The number of halogens is 1. The third kappa shape index (κ3) is 3.05. The number of hydrogen-bond acceptors (Lipinski definition) is 3. The fourth-order valence-electron chi connectivity index (χ4n) is 0.303. The molecule has 0 saturated heterocycles. The Morgan fingerprint density at radius 3 is 1.67 bits per heavy atom. The Bertz CT molecular complexity index is 138. The second kappa shape index (κ2) is 4.28. The molecule has 3 nitrogen and oxygen atoms in total. The van der Waals surface area contributed by atoms with Crippen molar-refractivity contribution in [3.05, 3.63) is 12.2 Å². The maximum Gasteiger partial charge on any atom is 0.338 e. The van der Waals surface area contributed by atoms with E-state index in [1.807, 2.05) is 0 Å². The van der Waals surface area contributed by atoms with Gasteiger partial charge in [0.05, 0.1) is 0 Å². The zero-order valence-electron chi connectivity index (χ0n) is 4.76. The van der Waals surface area contributed by atoms with Crippen LogP contribution in [0.4, 0.5) is 0 Å². The first-order valence-corrected chi connectivity index (χ1v) is 5.13. The monoisotopic (exact) mass is 164 g/mol. The number of hydrogen-bond donors (Lipinski definition) is 0. The van der Waals surface area contributed by atoms with Gasteiger partial charge in [0.25, 0.3) is 0 Å². The van der Waals surface area contributed by atoms with Crippen LogP contribution < -0.4 is 0 Å². The van der Waals surface area contributed by atoms with Crippen molar-refractivity contribution >= 4 is 32.6 Å². The van der Waals surface area contributed by atoms with Crippen LogP contribution in [0.5, 0.6) is 0 Å². The maximum absolute atomic E-state index is 9.92. The third-order valence-electron chi connectivity index (χ3n) is 0.557. The largest absolute Gasteiger partial charge is 0.387 e. The first-order chi connectivity index (χ1) is 4.29. The average molecular weight is 165 g/mol. The van der Waals surface area contributed by atoms with Crippen molar-refractivity contribution < 1.29 is 14.3 Å². The van der Waals surface area contributed by atoms with Crippen molar-refractivity contribution in [2.45, 2.75) is 0 Å². The Morgan fingerprint density at radius 2 is 1.56 bits per heavy atom. The number of carbonyl (C=O) groups is 2. The lowest BCUT2D eigenvalue weighted by Gasteiger charge is -1.80. The molecule has 9 heavy (non-hydrogen) atoms. The minimum Gasteiger partial charge on any atom is -0.387 e. The van der Waals surface area contributed by atoms with Crippen molar-refractivity contribution in [2.75, 3.05) is 0 Å². The first-order valence-electron chi connectivity index (χ1n) is 2.11. The van der Waals surface area contributed by atoms with Gasteiger partial charge in [0, 0.05) is 12.2 Å². The summed E-state index contributed by atoms with van der Waals surface area (Å²) >= 11 is 4.78. The normalized spacial score (nSPS) is 14.8. The summed E-state index contributed by atoms with van der Waals surface area (Å²) in [4.78, 5) is 19.8. The second-order valence-electron chi connectivity index (χ2n) is 1.07. The van der Waals surface area contributed by atoms with Crippen LogP contribution in [0.15, 0.2) is 12.2 Å². The van der Waals surface area contributed by atoms with Gasteiger partial charge in [0.15, 0.2) is 0 Å². The Kier molecular flexibility index (Phi) is 3.99. The van der Waals surface area contributed by atoms with Gasteiger partial charge >= 0.3 is 11.9 Å². The van der Waals surface area contributed by atoms with Crippen LogP contribution in [0.25, 0.3) is 0 Å². The van der Waals surface area contributed by atoms with E-state index in [9.17, 15) is 9.59 Å². The smallest absolute Gasteiger partial charge is 0.338 e. The van der Waals surface area contributed by atoms with E-state index in [1.54, 1.807) is 0 Å². The summed E-state index contributed by atoms with van der Waals surface area (Å²) in [7, 11) is 0.778. The summed E-state index contributed by atoms with van der Waals surface area (Å²) in [6.07, 6.45) is 2.17. The number of ether oxygens (including phenoxy) is 1. The lowest BCUT2D eigenvalue weighted by Crippen LogP contribution is -1.96. The Hall–Kier alpha value is -0.613. The van der Waals surface area contributed by atoms with Crippen LogP contribution in [0.1, 0.15) is 0 Å². The SMILES string of the molecule is O=C1C=CC(=O)O1.[SiH3]Cl. The van der Waals surface area contributed by atoms with E-state index in [0.717, 1.165) is 21.7 Å². The molecule has 5 heteroatoms. The van der Waals surface area contributed by atoms with E-state index in [1.165, 1.54) is 0 Å². The summed E-state index contributed by atoms with van der Waals surface area (Å²) in [5.41, 5.74) is 0. The third-order valence-corrected chi connectivity index (χ3v) is 0.557. The average Bonchev–Trinajstić information content (AvgIpc) is 2.20. The molecule has 0 saturated carbocycles. The molecule has 0 fully saturated rings. The molecule has 1 heterocycles. The molecule has 50 valence electrons. The number of esters is 2. The Balaban J connectivity index is 0.000000291. The van der Waals surface area contributed by atoms with Crippen molar-refractivity contribution in [1.82, 2.24) is 0 Å². The molecule has 0 bridgehead atoms. The van der Waals surface area contributed by atoms with Gasteiger partial charge in [-0.15, -0.1) is 0 Å². The summed E-state index contributed by atoms with van der Waals surface area (Å²) in [5, 5.41) is 0. The summed E-state index contributed by atoms with van der Waals surface area (Å²) in [5.74, 6) is -1.16. The first kappa shape index (κ1) is 8.39. The topological polar surface area (TPSA) is 43.4 Å². The van der Waals surface area contributed by atoms with E-state index in [4.69, 9.17) is 11.1 Å². The molecule has 1 aliphatic heterocycles. The molecule has 0 aliphatic carbocycles. The van der Waals surface area contributed by atoms with Gasteiger partial charge < -0.3 is 4.74 Å². The van der Waals surface area contributed by atoms with Gasteiger partial charge in [0.2, 0.25) is 0 Å². The summed E-state index contributed by atoms with van der Waals surface area (Å²) in [6.45, 7) is 0. The summed E-state index contributed by atoms with van der Waals surface area (Å²) < 4.78 is 3.97. The van der Waals surface area contributed by atoms with Gasteiger partial charge in [-0.3, -0.25) is 0 Å². The quantitative estimate of drug-likeness (QED) is 0.202. The predicted octanol–water partition coefficient (Wildman–Crippen LogP) is -0.868. The fraction of sp³-hybridized carbons (Fsp3) is 0. The highest BCUT2D eigenvalue weighted by molar-refractivity contribution is 6.80. The molecule has 1 rings (SSSR count). The van der Waals surface area contributed by atoms with Gasteiger partial charge in [-0.05, 0) is 0 Å². The highest BCUT2D eigenvalue weighted by Crippen LogP contribution is 1.92. The lowest BCUT2D eigenvalue weighted by molar-refractivity contribution is -0.150. The van der Waals surface area contributed by atoms with Gasteiger partial charge in [-0.25, -0.2) is 9.59 Å². The summed E-state index contributed by atoms with van der Waals surface area (Å²) in [6, 6.07) is 0. The Labute approximate surface area is 59.8 Å². The molecule has 0 spiro atoms. The lowest BCUT2D eigenvalue weighted by atomic mass is 10.6. The highest BCUT2D eigenvalue weighted by Gasteiger charge is 2.10. The van der Waals surface area contributed by atoms with Crippen molar-refractivity contribution in [2.24, 2.45) is 0 Å². The van der Waals surface area contributed by atoms with Crippen LogP contribution in [0, 0.1) is 0 Å². The molecular formula is C4H5ClO3Si. The van der Waals surface area contributed by atoms with E-state index >= 15 is 0 Å². The van der Waals surface area contributed by atoms with Crippen LogP contribution in [0.3, 0.4) is 0 Å². The Morgan fingerprint density at radius 1 is 1.22 bits per heavy atom. The van der Waals surface area contributed by atoms with Gasteiger partial charge in [-0.2, -0.15) is 11.1 Å². The number of carbonyl (C=O) groups excluding carboxylic acids is 2. The van der Waals surface area contributed by atoms with E-state index in [2.05, 4.69) is 4.74 Å². The van der Waals surface area contributed by atoms with Crippen LogP contribution in [-0.4, -0.2) is 21.5 Å². The van der Waals surface area contributed by atoms with Gasteiger partial charge in [0.1, 0.15) is 9.55 Å². The van der Waals surface area contributed by atoms with E-state index in [-0.39, 0.29) is 0 Å². The maximum atomic E-state index is 9.92. The minimum absolute atomic E-state index is 0.579. The molecule has 0 aromatic rings. The number of cyclic esters (lactones) is 2. The van der Waals surface area contributed by atoms with Crippen molar-refractivity contribution in [3.63, 3.8) is 0 Å². The molecule has 0 aromatic heterocycles.